The van der Waals surface area contributed by atoms with Gasteiger partial charge in [-0.2, -0.15) is 8.78 Å². The number of nitrogens with zero attached hydrogens (tertiary/aromatic N) is 1. The van der Waals surface area contributed by atoms with E-state index in [1.165, 1.54) is 14.0 Å². The Balaban J connectivity index is 3.93. The van der Waals surface area contributed by atoms with E-state index in [1.54, 1.807) is 0 Å². The second kappa shape index (κ2) is 4.03. The highest BCUT2D eigenvalue weighted by atomic mass is 19.3. The lowest BCUT2D eigenvalue weighted by Gasteiger charge is -2.18. The van der Waals surface area contributed by atoms with Crippen molar-refractivity contribution in [2.24, 2.45) is 0 Å². The van der Waals surface area contributed by atoms with Gasteiger partial charge >= 0.3 is 12.6 Å². The first-order chi connectivity index (χ1) is 4.63. The average Bonchev–Trinajstić information content (AvgIpc) is 1.88. The summed E-state index contributed by atoms with van der Waals surface area (Å²) < 4.78 is 23.6. The standard InChI is InChI=1S/C5H10F2N2O/c1-3-9(4(6)7)5(10)8-2/h4H,3H2,1-2H3,(H,8,10). The Morgan fingerprint density at radius 3 is 2.30 bits per heavy atom. The van der Waals surface area contributed by atoms with Gasteiger partial charge in [0.2, 0.25) is 0 Å². The summed E-state index contributed by atoms with van der Waals surface area (Å²) in [4.78, 5) is 10.9. The number of amides is 2. The number of urea groups is 1. The van der Waals surface area contributed by atoms with Gasteiger partial charge in [0.15, 0.2) is 0 Å². The monoisotopic (exact) mass is 152 g/mol. The molecule has 0 bridgehead atoms. The third-order valence-electron chi connectivity index (χ3n) is 1.05. The van der Waals surface area contributed by atoms with E-state index in [0.29, 0.717) is 4.90 Å². The summed E-state index contributed by atoms with van der Waals surface area (Å²) in [5.41, 5.74) is 0. The third-order valence-corrected chi connectivity index (χ3v) is 1.05. The molecule has 0 fully saturated rings. The van der Waals surface area contributed by atoms with Crippen LogP contribution in [-0.4, -0.2) is 31.1 Å². The summed E-state index contributed by atoms with van der Waals surface area (Å²) in [5.74, 6) is 0. The molecule has 5 heteroatoms. The maximum absolute atomic E-state index is 11.8. The predicted octanol–water partition coefficient (Wildman–Crippen LogP) is 0.870. The maximum atomic E-state index is 11.8. The molecule has 10 heavy (non-hydrogen) atoms. The first kappa shape index (κ1) is 9.13. The molecule has 0 heterocycles. The molecule has 0 saturated heterocycles. The van der Waals surface area contributed by atoms with Gasteiger partial charge in [0.25, 0.3) is 0 Å². The van der Waals surface area contributed by atoms with Crippen molar-refractivity contribution in [3.8, 4) is 0 Å². The van der Waals surface area contributed by atoms with Crippen molar-refractivity contribution in [2.75, 3.05) is 13.6 Å². The third kappa shape index (κ3) is 2.16. The van der Waals surface area contributed by atoms with Crippen molar-refractivity contribution >= 4 is 6.03 Å². The molecule has 1 N–H and O–H groups in total. The molecule has 0 atom stereocenters. The largest absolute Gasteiger partial charge is 0.341 e. The Morgan fingerprint density at radius 1 is 1.70 bits per heavy atom. The fourth-order valence-electron chi connectivity index (χ4n) is 0.514. The van der Waals surface area contributed by atoms with E-state index in [-0.39, 0.29) is 6.54 Å². The van der Waals surface area contributed by atoms with Gasteiger partial charge in [-0.25, -0.2) is 4.79 Å². The zero-order chi connectivity index (χ0) is 8.15. The Morgan fingerprint density at radius 2 is 2.20 bits per heavy atom. The molecule has 0 aromatic carbocycles. The van der Waals surface area contributed by atoms with Crippen molar-refractivity contribution in [2.45, 2.75) is 13.5 Å². The summed E-state index contributed by atoms with van der Waals surface area (Å²) in [7, 11) is 1.31. The SMILES string of the molecule is CCN(C(=O)NC)C(F)F. The highest BCUT2D eigenvalue weighted by Gasteiger charge is 2.18. The fraction of sp³-hybridized carbons (Fsp3) is 0.800. The van der Waals surface area contributed by atoms with Crippen molar-refractivity contribution < 1.29 is 13.6 Å². The van der Waals surface area contributed by atoms with Crippen LogP contribution < -0.4 is 5.32 Å². The molecular weight excluding hydrogens is 142 g/mol. The number of carbonyl (C=O) groups is 1. The van der Waals surface area contributed by atoms with Crippen molar-refractivity contribution in [1.29, 1.82) is 0 Å². The average molecular weight is 152 g/mol. The van der Waals surface area contributed by atoms with Gasteiger partial charge in [-0.15, -0.1) is 0 Å². The zero-order valence-corrected chi connectivity index (χ0v) is 5.90. The minimum Gasteiger partial charge on any atom is -0.341 e. The smallest absolute Gasteiger partial charge is 0.321 e. The molecule has 0 radical (unpaired) electrons. The minimum absolute atomic E-state index is 0.0112. The van der Waals surface area contributed by atoms with Crippen molar-refractivity contribution in [3.63, 3.8) is 0 Å². The highest BCUT2D eigenvalue weighted by Crippen LogP contribution is 2.01. The van der Waals surface area contributed by atoms with Crippen LogP contribution in [-0.2, 0) is 0 Å². The second-order valence-corrected chi connectivity index (χ2v) is 1.62. The number of carbonyl (C=O) groups excluding carboxylic acids is 1. The first-order valence-electron chi connectivity index (χ1n) is 2.90. The van der Waals surface area contributed by atoms with Crippen LogP contribution in [0.5, 0.6) is 0 Å². The quantitative estimate of drug-likeness (QED) is 0.585. The molecule has 0 aliphatic carbocycles. The van der Waals surface area contributed by atoms with Crippen molar-refractivity contribution in [1.82, 2.24) is 10.2 Å². The maximum Gasteiger partial charge on any atom is 0.321 e. The Kier molecular flexibility index (Phi) is 3.68. The number of halogens is 2. The number of nitrogens with one attached hydrogen (secondary N) is 1. The molecule has 0 aromatic rings. The van der Waals surface area contributed by atoms with Crippen LogP contribution in [0, 0.1) is 0 Å². The lowest BCUT2D eigenvalue weighted by atomic mass is 10.6. The van der Waals surface area contributed by atoms with E-state index >= 15 is 0 Å². The molecule has 0 aromatic heterocycles. The molecule has 0 saturated carbocycles. The van der Waals surface area contributed by atoms with E-state index in [2.05, 4.69) is 5.32 Å². The van der Waals surface area contributed by atoms with Crippen LogP contribution in [0.15, 0.2) is 0 Å². The van der Waals surface area contributed by atoms with E-state index in [4.69, 9.17) is 0 Å². The predicted molar refractivity (Wildman–Crippen MR) is 32.8 cm³/mol. The van der Waals surface area contributed by atoms with E-state index in [0.717, 1.165) is 0 Å². The van der Waals surface area contributed by atoms with Gasteiger partial charge in [-0.3, -0.25) is 4.90 Å². The topological polar surface area (TPSA) is 32.3 Å². The lowest BCUT2D eigenvalue weighted by molar-refractivity contribution is 0.00550. The molecular formula is C5H10F2N2O. The van der Waals surface area contributed by atoms with Crippen LogP contribution in [0.1, 0.15) is 6.92 Å². The Bertz CT molecular complexity index is 118. The van der Waals surface area contributed by atoms with Crippen LogP contribution in [0.2, 0.25) is 0 Å². The fourth-order valence-corrected chi connectivity index (χ4v) is 0.514. The van der Waals surface area contributed by atoms with E-state index in [9.17, 15) is 13.6 Å². The van der Waals surface area contributed by atoms with Crippen LogP contribution >= 0.6 is 0 Å². The Labute approximate surface area is 58.0 Å². The zero-order valence-electron chi connectivity index (χ0n) is 5.90. The summed E-state index contributed by atoms with van der Waals surface area (Å²) >= 11 is 0. The van der Waals surface area contributed by atoms with Crippen LogP contribution in [0.4, 0.5) is 13.6 Å². The molecule has 60 valence electrons. The molecule has 0 rings (SSSR count). The van der Waals surface area contributed by atoms with Gasteiger partial charge < -0.3 is 5.32 Å². The second-order valence-electron chi connectivity index (χ2n) is 1.62. The molecule has 0 aliphatic heterocycles. The van der Waals surface area contributed by atoms with Gasteiger partial charge in [-0.05, 0) is 6.92 Å². The highest BCUT2D eigenvalue weighted by molar-refractivity contribution is 5.73. The Hall–Kier alpha value is -0.870. The lowest BCUT2D eigenvalue weighted by Crippen LogP contribution is -2.41. The van der Waals surface area contributed by atoms with E-state index < -0.39 is 12.6 Å². The molecule has 3 nitrogen and oxygen atoms in total. The normalized spacial score (nSPS) is 9.70. The van der Waals surface area contributed by atoms with Crippen LogP contribution in [0.25, 0.3) is 0 Å². The first-order valence-corrected chi connectivity index (χ1v) is 2.90. The molecule has 2 amide bonds. The van der Waals surface area contributed by atoms with Crippen molar-refractivity contribution in [3.05, 3.63) is 0 Å². The molecule has 0 spiro atoms. The van der Waals surface area contributed by atoms with Gasteiger partial charge in [-0.1, -0.05) is 0 Å². The molecule has 0 unspecified atom stereocenters. The number of alkyl halides is 2. The van der Waals surface area contributed by atoms with Gasteiger partial charge in [0.1, 0.15) is 0 Å². The van der Waals surface area contributed by atoms with Gasteiger partial charge in [0.05, 0.1) is 0 Å². The van der Waals surface area contributed by atoms with E-state index in [1.807, 2.05) is 0 Å². The minimum atomic E-state index is -2.72. The number of hydrogen-bond donors (Lipinski definition) is 1. The van der Waals surface area contributed by atoms with Crippen LogP contribution in [0.3, 0.4) is 0 Å². The number of rotatable bonds is 2. The molecule has 0 aliphatic rings. The summed E-state index contributed by atoms with van der Waals surface area (Å²) in [6.45, 7) is -1.22. The summed E-state index contributed by atoms with van der Waals surface area (Å²) in [6, 6.07) is -0.752. The van der Waals surface area contributed by atoms with Gasteiger partial charge in [0, 0.05) is 13.6 Å². The summed E-state index contributed by atoms with van der Waals surface area (Å²) in [5, 5.41) is 2.10. The number of hydrogen-bond acceptors (Lipinski definition) is 1. The summed E-state index contributed by atoms with van der Waals surface area (Å²) in [6.07, 6.45) is 0.